The molecule has 2 aliphatic rings. The van der Waals surface area contributed by atoms with Gasteiger partial charge in [0.05, 0.1) is 19.8 Å². The van der Waals surface area contributed by atoms with Crippen LogP contribution in [-0.4, -0.2) is 57.2 Å². The summed E-state index contributed by atoms with van der Waals surface area (Å²) in [5.74, 6) is -1.48. The summed E-state index contributed by atoms with van der Waals surface area (Å²) >= 11 is 0. The minimum Gasteiger partial charge on any atom is -0.351 e. The highest BCUT2D eigenvalue weighted by Crippen LogP contribution is 2.49. The molecule has 0 fully saturated rings. The summed E-state index contributed by atoms with van der Waals surface area (Å²) in [6, 6.07) is 6.38. The predicted octanol–water partition coefficient (Wildman–Crippen LogP) is 2.04. The maximum absolute atomic E-state index is 12.9. The molecule has 0 radical (unpaired) electrons. The Bertz CT molecular complexity index is 911. The number of methoxy groups -OCH3 is 1. The van der Waals surface area contributed by atoms with E-state index in [4.69, 9.17) is 9.47 Å². The van der Waals surface area contributed by atoms with Gasteiger partial charge >= 0.3 is 7.60 Å². The standard InChI is InChI=1S/C18H19O10P/c1-23-18-15-12(16(20)10-6-4-5-7-11(10)17(15)21)8-14(26-18)13(19)9-29(22,27-24-2)28-25-3/h4-7,14,18H,8-9H2,1-3H3. The maximum atomic E-state index is 12.9. The lowest BCUT2D eigenvalue weighted by Crippen LogP contribution is -2.43. The van der Waals surface area contributed by atoms with Crippen LogP contribution in [0.3, 0.4) is 0 Å². The van der Waals surface area contributed by atoms with Gasteiger partial charge in [-0.25, -0.2) is 9.78 Å². The van der Waals surface area contributed by atoms with Crippen LogP contribution in [0.25, 0.3) is 0 Å². The molecule has 0 bridgehead atoms. The molecule has 0 saturated heterocycles. The maximum Gasteiger partial charge on any atom is 0.391 e. The number of rotatable bonds is 8. The number of fused-ring (bicyclic) bond motifs is 1. The van der Waals surface area contributed by atoms with Crippen molar-refractivity contribution in [1.29, 1.82) is 0 Å². The highest BCUT2D eigenvalue weighted by atomic mass is 31.2. The topological polar surface area (TPSA) is 124 Å². The molecule has 1 heterocycles. The Hall–Kier alpha value is -2.04. The van der Waals surface area contributed by atoms with Gasteiger partial charge in [-0.3, -0.25) is 18.9 Å². The zero-order valence-electron chi connectivity index (χ0n) is 15.9. The van der Waals surface area contributed by atoms with Crippen LogP contribution in [0, 0.1) is 0 Å². The average Bonchev–Trinajstić information content (AvgIpc) is 2.71. The molecule has 2 atom stereocenters. The van der Waals surface area contributed by atoms with Crippen molar-refractivity contribution in [2.24, 2.45) is 0 Å². The van der Waals surface area contributed by atoms with Crippen molar-refractivity contribution in [3.8, 4) is 0 Å². The first-order chi connectivity index (χ1) is 13.8. The van der Waals surface area contributed by atoms with Gasteiger partial charge in [-0.2, -0.15) is 0 Å². The minimum absolute atomic E-state index is 0.0599. The van der Waals surface area contributed by atoms with Crippen molar-refractivity contribution >= 4 is 24.9 Å². The van der Waals surface area contributed by atoms with E-state index in [0.717, 1.165) is 14.2 Å². The zero-order valence-corrected chi connectivity index (χ0v) is 16.8. The Labute approximate surface area is 166 Å². The third kappa shape index (κ3) is 4.15. The molecule has 2 unspecified atom stereocenters. The first-order valence-corrected chi connectivity index (χ1v) is 10.2. The Morgan fingerprint density at radius 3 is 2.21 bits per heavy atom. The zero-order chi connectivity index (χ0) is 21.2. The fourth-order valence-corrected chi connectivity index (χ4v) is 4.47. The van der Waals surface area contributed by atoms with Gasteiger partial charge in [-0.15, -0.1) is 9.35 Å². The van der Waals surface area contributed by atoms with E-state index < -0.39 is 37.7 Å². The average molecular weight is 426 g/mol. The van der Waals surface area contributed by atoms with Crippen LogP contribution in [0.4, 0.5) is 0 Å². The number of ether oxygens (including phenoxy) is 2. The number of carbonyl (C=O) groups excluding carboxylic acids is 3. The van der Waals surface area contributed by atoms with E-state index in [1.165, 1.54) is 7.11 Å². The first kappa shape index (κ1) is 21.7. The van der Waals surface area contributed by atoms with Gasteiger partial charge in [0.15, 0.2) is 23.6 Å². The van der Waals surface area contributed by atoms with Crippen LogP contribution in [0.5, 0.6) is 0 Å². The van der Waals surface area contributed by atoms with Crippen molar-refractivity contribution in [2.75, 3.05) is 27.5 Å². The van der Waals surface area contributed by atoms with Crippen molar-refractivity contribution in [2.45, 2.75) is 18.8 Å². The molecular formula is C18H19O10P. The second-order valence-corrected chi connectivity index (χ2v) is 8.05. The summed E-state index contributed by atoms with van der Waals surface area (Å²) in [4.78, 5) is 47.2. The molecule has 0 saturated carbocycles. The molecule has 1 aromatic carbocycles. The number of hydrogen-bond donors (Lipinski definition) is 0. The lowest BCUT2D eigenvalue weighted by atomic mass is 9.80. The highest BCUT2D eigenvalue weighted by molar-refractivity contribution is 7.54. The summed E-state index contributed by atoms with van der Waals surface area (Å²) < 4.78 is 32.3. The van der Waals surface area contributed by atoms with Crippen molar-refractivity contribution in [1.82, 2.24) is 0 Å². The number of hydrogen-bond acceptors (Lipinski definition) is 10. The number of Topliss-reactive ketones (excluding diaryl/α,β-unsaturated/α-hetero) is 3. The molecule has 0 spiro atoms. The molecule has 1 aliphatic carbocycles. The predicted molar refractivity (Wildman–Crippen MR) is 96.1 cm³/mol. The molecule has 1 aliphatic heterocycles. The number of ketones is 3. The third-order valence-corrected chi connectivity index (χ3v) is 5.92. The molecule has 3 rings (SSSR count). The third-order valence-electron chi connectivity index (χ3n) is 4.47. The molecule has 156 valence electrons. The molecule has 0 amide bonds. The van der Waals surface area contributed by atoms with Crippen LogP contribution in [0.2, 0.25) is 0 Å². The lowest BCUT2D eigenvalue weighted by molar-refractivity contribution is -0.242. The molecule has 1 aromatic rings. The minimum atomic E-state index is -4.07. The van der Waals surface area contributed by atoms with Crippen LogP contribution < -0.4 is 0 Å². The second-order valence-electron chi connectivity index (χ2n) is 6.21. The molecule has 29 heavy (non-hydrogen) atoms. The Balaban J connectivity index is 1.90. The van der Waals surface area contributed by atoms with Crippen LogP contribution in [0.15, 0.2) is 35.4 Å². The molecule has 11 heteroatoms. The lowest BCUT2D eigenvalue weighted by Gasteiger charge is -2.34. The Kier molecular flexibility index (Phi) is 6.55. The Morgan fingerprint density at radius 1 is 1.07 bits per heavy atom. The van der Waals surface area contributed by atoms with E-state index in [1.54, 1.807) is 24.3 Å². The van der Waals surface area contributed by atoms with Gasteiger partial charge in [0.25, 0.3) is 0 Å². The monoisotopic (exact) mass is 426 g/mol. The van der Waals surface area contributed by atoms with Gasteiger partial charge in [0, 0.05) is 30.2 Å². The van der Waals surface area contributed by atoms with Crippen LogP contribution >= 0.6 is 7.60 Å². The summed E-state index contributed by atoms with van der Waals surface area (Å²) in [5.41, 5.74) is 0.679. The van der Waals surface area contributed by atoms with E-state index in [9.17, 15) is 18.9 Å². The van der Waals surface area contributed by atoms with Crippen molar-refractivity contribution in [3.63, 3.8) is 0 Å². The van der Waals surface area contributed by atoms with Crippen molar-refractivity contribution in [3.05, 3.63) is 46.5 Å². The summed E-state index contributed by atoms with van der Waals surface area (Å²) in [5, 5.41) is 0. The highest BCUT2D eigenvalue weighted by Gasteiger charge is 2.45. The van der Waals surface area contributed by atoms with E-state index in [2.05, 4.69) is 19.1 Å². The molecule has 0 N–H and O–H groups in total. The van der Waals surface area contributed by atoms with E-state index in [1.807, 2.05) is 0 Å². The molecule has 0 aromatic heterocycles. The van der Waals surface area contributed by atoms with Gasteiger partial charge in [-0.1, -0.05) is 24.3 Å². The van der Waals surface area contributed by atoms with Crippen LogP contribution in [0.1, 0.15) is 27.1 Å². The van der Waals surface area contributed by atoms with Gasteiger partial charge in [-0.05, 0) is 0 Å². The number of carbonyl (C=O) groups is 3. The molecule has 10 nitrogen and oxygen atoms in total. The fourth-order valence-electron chi connectivity index (χ4n) is 3.30. The van der Waals surface area contributed by atoms with Gasteiger partial charge < -0.3 is 9.47 Å². The normalized spacial score (nSPS) is 21.8. The second kappa shape index (κ2) is 8.76. The largest absolute Gasteiger partial charge is 0.391 e. The van der Waals surface area contributed by atoms with E-state index in [-0.39, 0.29) is 34.5 Å². The number of benzene rings is 1. The first-order valence-electron chi connectivity index (χ1n) is 8.51. The summed E-state index contributed by atoms with van der Waals surface area (Å²) in [6.07, 6.45) is -3.37. The quantitative estimate of drug-likeness (QED) is 0.346. The summed E-state index contributed by atoms with van der Waals surface area (Å²) in [6.45, 7) is 0. The molecular weight excluding hydrogens is 407 g/mol. The van der Waals surface area contributed by atoms with Crippen LogP contribution in [-0.2, 0) is 38.0 Å². The smallest absolute Gasteiger partial charge is 0.351 e. The van der Waals surface area contributed by atoms with E-state index in [0.29, 0.717) is 0 Å². The SMILES string of the molecule is COOP(=O)(CC(=O)C1CC2=C(C(=O)c3ccccc3C2=O)C(OC)O1)OOC. The van der Waals surface area contributed by atoms with E-state index >= 15 is 0 Å². The van der Waals surface area contributed by atoms with Gasteiger partial charge in [0.1, 0.15) is 12.3 Å². The van der Waals surface area contributed by atoms with Crippen molar-refractivity contribution < 1.29 is 47.5 Å². The Morgan fingerprint density at radius 2 is 1.66 bits per heavy atom. The fraction of sp³-hybridized carbons (Fsp3) is 0.389. The summed E-state index contributed by atoms with van der Waals surface area (Å²) in [7, 11) is -0.600. The van der Waals surface area contributed by atoms with Gasteiger partial charge in [0.2, 0.25) is 0 Å².